The first-order valence-corrected chi connectivity index (χ1v) is 8.19. The molecule has 126 valence electrons. The summed E-state index contributed by atoms with van der Waals surface area (Å²) in [6.45, 7) is 2.60. The molecule has 24 heavy (non-hydrogen) atoms. The minimum Gasteiger partial charge on any atom is -0.370 e. The number of nitrogens with two attached hydrogens (primary N) is 1. The number of hydrogen-bond acceptors (Lipinski definition) is 3. The molecule has 0 aliphatic heterocycles. The SMILES string of the molecule is CC(CC(=O)NC(N)=NCCCc1cccnc1)c1ccccc1. The number of nitrogens with one attached hydrogen (secondary N) is 1. The lowest BCUT2D eigenvalue weighted by molar-refractivity contribution is -0.120. The van der Waals surface area contributed by atoms with Gasteiger partial charge in [-0.1, -0.05) is 43.3 Å². The number of aliphatic imine (C=N–C) groups is 1. The number of nitrogens with zero attached hydrogens (tertiary/aromatic N) is 2. The fraction of sp³-hybridized carbons (Fsp3) is 0.316. The van der Waals surface area contributed by atoms with E-state index in [0.717, 1.165) is 18.4 Å². The summed E-state index contributed by atoms with van der Waals surface area (Å²) in [4.78, 5) is 20.3. The lowest BCUT2D eigenvalue weighted by Crippen LogP contribution is -2.37. The van der Waals surface area contributed by atoms with Gasteiger partial charge in [0.25, 0.3) is 0 Å². The van der Waals surface area contributed by atoms with Crippen molar-refractivity contribution in [2.24, 2.45) is 10.7 Å². The van der Waals surface area contributed by atoms with Crippen LogP contribution in [0.4, 0.5) is 0 Å². The van der Waals surface area contributed by atoms with Gasteiger partial charge in [0.2, 0.25) is 5.91 Å². The highest BCUT2D eigenvalue weighted by atomic mass is 16.1. The standard InChI is InChI=1S/C19H24N4O/c1-15(17-9-3-2-4-10-17)13-18(24)23-19(20)22-12-6-8-16-7-5-11-21-14-16/h2-5,7,9-11,14-15H,6,8,12-13H2,1H3,(H3,20,22,23,24). The summed E-state index contributed by atoms with van der Waals surface area (Å²) in [5.74, 6) is 0.218. The third-order valence-electron chi connectivity index (χ3n) is 3.76. The summed E-state index contributed by atoms with van der Waals surface area (Å²) in [5.41, 5.74) is 8.09. The maximum absolute atomic E-state index is 12.0. The molecule has 1 aromatic heterocycles. The molecule has 0 saturated carbocycles. The number of aromatic nitrogens is 1. The maximum Gasteiger partial charge on any atom is 0.227 e. The van der Waals surface area contributed by atoms with Crippen LogP contribution in [0.2, 0.25) is 0 Å². The largest absolute Gasteiger partial charge is 0.370 e. The average molecular weight is 324 g/mol. The first-order chi connectivity index (χ1) is 11.6. The van der Waals surface area contributed by atoms with Gasteiger partial charge in [0.1, 0.15) is 0 Å². The molecule has 5 nitrogen and oxygen atoms in total. The second-order valence-electron chi connectivity index (χ2n) is 5.80. The molecule has 0 aliphatic carbocycles. The highest BCUT2D eigenvalue weighted by Gasteiger charge is 2.11. The Morgan fingerprint density at radius 3 is 2.75 bits per heavy atom. The molecule has 5 heteroatoms. The number of carbonyl (C=O) groups excluding carboxylic acids is 1. The molecule has 0 fully saturated rings. The summed E-state index contributed by atoms with van der Waals surface area (Å²) in [7, 11) is 0. The van der Waals surface area contributed by atoms with Crippen molar-refractivity contribution in [2.75, 3.05) is 6.54 Å². The zero-order chi connectivity index (χ0) is 17.2. The predicted octanol–water partition coefficient (Wildman–Crippen LogP) is 2.64. The number of guanidine groups is 1. The number of aryl methyl sites for hydroxylation is 1. The van der Waals surface area contributed by atoms with Crippen LogP contribution in [-0.2, 0) is 11.2 Å². The molecule has 0 radical (unpaired) electrons. The van der Waals surface area contributed by atoms with E-state index in [2.05, 4.69) is 15.3 Å². The Hall–Kier alpha value is -2.69. The molecule has 0 aliphatic rings. The van der Waals surface area contributed by atoms with Crippen molar-refractivity contribution in [3.8, 4) is 0 Å². The predicted molar refractivity (Wildman–Crippen MR) is 96.7 cm³/mol. The monoisotopic (exact) mass is 324 g/mol. The lowest BCUT2D eigenvalue weighted by Gasteiger charge is -2.11. The fourth-order valence-corrected chi connectivity index (χ4v) is 2.44. The van der Waals surface area contributed by atoms with Crippen molar-refractivity contribution < 1.29 is 4.79 Å². The Labute approximate surface area is 143 Å². The average Bonchev–Trinajstić information content (AvgIpc) is 2.60. The van der Waals surface area contributed by atoms with Crippen LogP contribution in [0.25, 0.3) is 0 Å². The summed E-state index contributed by atoms with van der Waals surface area (Å²) in [6.07, 6.45) is 5.74. The van der Waals surface area contributed by atoms with Crippen LogP contribution in [0.15, 0.2) is 59.9 Å². The van der Waals surface area contributed by atoms with Crippen LogP contribution in [0, 0.1) is 0 Å². The summed E-state index contributed by atoms with van der Waals surface area (Å²) in [6, 6.07) is 13.9. The minimum atomic E-state index is -0.111. The zero-order valence-corrected chi connectivity index (χ0v) is 14.0. The Bertz CT molecular complexity index is 656. The first kappa shape index (κ1) is 17.7. The summed E-state index contributed by atoms with van der Waals surface area (Å²) < 4.78 is 0. The van der Waals surface area contributed by atoms with Crippen LogP contribution >= 0.6 is 0 Å². The van der Waals surface area contributed by atoms with Gasteiger partial charge in [-0.15, -0.1) is 0 Å². The normalized spacial score (nSPS) is 12.6. The van der Waals surface area contributed by atoms with Gasteiger partial charge in [-0.25, -0.2) is 0 Å². The van der Waals surface area contributed by atoms with E-state index in [-0.39, 0.29) is 17.8 Å². The number of benzene rings is 1. The van der Waals surface area contributed by atoms with Crippen LogP contribution < -0.4 is 11.1 Å². The van der Waals surface area contributed by atoms with E-state index >= 15 is 0 Å². The van der Waals surface area contributed by atoms with E-state index in [1.165, 1.54) is 5.56 Å². The number of pyridine rings is 1. The molecule has 1 aromatic carbocycles. The van der Waals surface area contributed by atoms with E-state index in [0.29, 0.717) is 13.0 Å². The summed E-state index contributed by atoms with van der Waals surface area (Å²) in [5, 5.41) is 2.66. The number of hydrogen-bond donors (Lipinski definition) is 2. The molecular weight excluding hydrogens is 300 g/mol. The Balaban J connectivity index is 1.70. The van der Waals surface area contributed by atoms with Gasteiger partial charge >= 0.3 is 0 Å². The maximum atomic E-state index is 12.0. The van der Waals surface area contributed by atoms with Crippen molar-refractivity contribution in [1.29, 1.82) is 0 Å². The van der Waals surface area contributed by atoms with Crippen molar-refractivity contribution >= 4 is 11.9 Å². The molecular formula is C19H24N4O. The van der Waals surface area contributed by atoms with Crippen LogP contribution in [0.1, 0.15) is 36.8 Å². The van der Waals surface area contributed by atoms with Gasteiger partial charge in [-0.2, -0.15) is 0 Å². The van der Waals surface area contributed by atoms with Crippen molar-refractivity contribution in [1.82, 2.24) is 10.3 Å². The molecule has 0 saturated heterocycles. The molecule has 1 heterocycles. The Morgan fingerprint density at radius 1 is 1.25 bits per heavy atom. The number of rotatable bonds is 7. The topological polar surface area (TPSA) is 80.4 Å². The molecule has 3 N–H and O–H groups in total. The van der Waals surface area contributed by atoms with E-state index in [9.17, 15) is 4.79 Å². The Kier molecular flexibility index (Phi) is 6.95. The van der Waals surface area contributed by atoms with Crippen LogP contribution in [0.3, 0.4) is 0 Å². The van der Waals surface area contributed by atoms with E-state index < -0.39 is 0 Å². The number of carbonyl (C=O) groups is 1. The molecule has 2 aromatic rings. The molecule has 2 rings (SSSR count). The van der Waals surface area contributed by atoms with Gasteiger partial charge in [-0.3, -0.25) is 20.1 Å². The molecule has 0 bridgehead atoms. The zero-order valence-electron chi connectivity index (χ0n) is 14.0. The van der Waals surface area contributed by atoms with E-state index in [1.54, 1.807) is 6.20 Å². The first-order valence-electron chi connectivity index (χ1n) is 8.19. The van der Waals surface area contributed by atoms with Gasteiger partial charge in [0.15, 0.2) is 5.96 Å². The molecule has 1 unspecified atom stereocenters. The second-order valence-corrected chi connectivity index (χ2v) is 5.80. The second kappa shape index (κ2) is 9.45. The highest BCUT2D eigenvalue weighted by molar-refractivity contribution is 5.96. The van der Waals surface area contributed by atoms with Crippen LogP contribution in [-0.4, -0.2) is 23.4 Å². The highest BCUT2D eigenvalue weighted by Crippen LogP contribution is 2.17. The molecule has 0 spiro atoms. The van der Waals surface area contributed by atoms with Gasteiger partial charge in [0.05, 0.1) is 0 Å². The van der Waals surface area contributed by atoms with Crippen LogP contribution in [0.5, 0.6) is 0 Å². The third-order valence-corrected chi connectivity index (χ3v) is 3.76. The summed E-state index contributed by atoms with van der Waals surface area (Å²) >= 11 is 0. The quantitative estimate of drug-likeness (QED) is 0.467. The lowest BCUT2D eigenvalue weighted by atomic mass is 9.98. The smallest absolute Gasteiger partial charge is 0.227 e. The fourth-order valence-electron chi connectivity index (χ4n) is 2.44. The number of amides is 1. The van der Waals surface area contributed by atoms with E-state index in [1.807, 2.05) is 55.6 Å². The minimum absolute atomic E-state index is 0.111. The molecule has 1 amide bonds. The third kappa shape index (κ3) is 6.20. The van der Waals surface area contributed by atoms with Gasteiger partial charge < -0.3 is 5.73 Å². The van der Waals surface area contributed by atoms with Gasteiger partial charge in [-0.05, 0) is 36.0 Å². The van der Waals surface area contributed by atoms with Crippen molar-refractivity contribution in [3.05, 3.63) is 66.0 Å². The molecule has 1 atom stereocenters. The van der Waals surface area contributed by atoms with Crippen molar-refractivity contribution in [2.45, 2.75) is 32.1 Å². The van der Waals surface area contributed by atoms with E-state index in [4.69, 9.17) is 5.73 Å². The van der Waals surface area contributed by atoms with Gasteiger partial charge in [0, 0.05) is 25.4 Å². The Morgan fingerprint density at radius 2 is 2.04 bits per heavy atom. The van der Waals surface area contributed by atoms with Crippen molar-refractivity contribution in [3.63, 3.8) is 0 Å².